The molecular weight excluding hydrogens is 317 g/mol. The van der Waals surface area contributed by atoms with Gasteiger partial charge in [-0.15, -0.1) is 0 Å². The van der Waals surface area contributed by atoms with E-state index in [4.69, 9.17) is 9.76 Å². The number of nitrogens with one attached hydrogen (secondary N) is 1. The van der Waals surface area contributed by atoms with Gasteiger partial charge in [0.05, 0.1) is 17.1 Å². The first-order valence-electron chi connectivity index (χ1n) is 6.97. The fourth-order valence-electron chi connectivity index (χ4n) is 2.46. The van der Waals surface area contributed by atoms with Gasteiger partial charge < -0.3 is 9.76 Å². The lowest BCUT2D eigenvalue weighted by molar-refractivity contribution is 0.0696. The summed E-state index contributed by atoms with van der Waals surface area (Å²) in [5.74, 6) is -1.10. The van der Waals surface area contributed by atoms with E-state index in [1.165, 1.54) is 24.3 Å². The summed E-state index contributed by atoms with van der Waals surface area (Å²) in [6.45, 7) is 2.37. The van der Waals surface area contributed by atoms with Crippen molar-refractivity contribution in [2.24, 2.45) is 0 Å². The van der Waals surface area contributed by atoms with Crippen LogP contribution in [-0.2, 0) is 21.3 Å². The molecule has 0 saturated heterocycles. The molecule has 0 saturated carbocycles. The maximum atomic E-state index is 12.4. The van der Waals surface area contributed by atoms with Gasteiger partial charge in [-0.1, -0.05) is 12.9 Å². The van der Waals surface area contributed by atoms with Crippen LogP contribution in [-0.4, -0.2) is 26.4 Å². The van der Waals surface area contributed by atoms with Crippen LogP contribution in [0.1, 0.15) is 15.9 Å². The van der Waals surface area contributed by atoms with Crippen molar-refractivity contribution in [1.29, 1.82) is 0 Å². The molecule has 2 aromatic carbocycles. The molecule has 0 bridgehead atoms. The molecule has 0 unspecified atom stereocenters. The molecule has 6 nitrogen and oxygen atoms in total. The van der Waals surface area contributed by atoms with Crippen LogP contribution in [0.5, 0.6) is 0 Å². The molecule has 3 rings (SSSR count). The summed E-state index contributed by atoms with van der Waals surface area (Å²) < 4.78 is 32.7. The number of sulfonamides is 1. The third-order valence-corrected chi connectivity index (χ3v) is 5.13. The molecule has 23 heavy (non-hydrogen) atoms. The van der Waals surface area contributed by atoms with Crippen LogP contribution in [0.3, 0.4) is 0 Å². The minimum Gasteiger partial charge on any atom is -0.478 e. The quantitative estimate of drug-likeness (QED) is 0.829. The van der Waals surface area contributed by atoms with Crippen LogP contribution < -0.4 is 10.2 Å². The molecule has 8 heteroatoms. The lowest BCUT2D eigenvalue weighted by atomic mass is 9.64. The van der Waals surface area contributed by atoms with Crippen molar-refractivity contribution in [3.63, 3.8) is 0 Å². The van der Waals surface area contributed by atoms with E-state index in [-0.39, 0.29) is 17.4 Å². The Balaban J connectivity index is 1.86. The van der Waals surface area contributed by atoms with Crippen LogP contribution in [0.15, 0.2) is 47.4 Å². The summed E-state index contributed by atoms with van der Waals surface area (Å²) in [5, 5.41) is 8.85. The van der Waals surface area contributed by atoms with E-state index < -0.39 is 16.0 Å². The minimum atomic E-state index is -3.77. The van der Waals surface area contributed by atoms with Crippen LogP contribution in [0.25, 0.3) is 0 Å². The standard InChI is InChI=1S/C15H14BNO5S/c1-16-14-8-12(5-2-11(14)9-22-16)17-23(20,21)13-6-3-10(4-7-13)15(18)19/h2-8,17H,9H2,1H3,(H,18,19). The average Bonchev–Trinajstić information content (AvgIpc) is 2.88. The van der Waals surface area contributed by atoms with Gasteiger partial charge >= 0.3 is 12.9 Å². The third kappa shape index (κ3) is 3.08. The number of rotatable bonds is 4. The molecule has 0 amide bonds. The predicted octanol–water partition coefficient (Wildman–Crippen LogP) is 1.54. The number of benzene rings is 2. The molecule has 0 spiro atoms. The molecule has 0 fully saturated rings. The molecule has 0 aliphatic carbocycles. The summed E-state index contributed by atoms with van der Waals surface area (Å²) in [6.07, 6.45) is 0. The molecule has 0 atom stereocenters. The molecule has 1 aliphatic heterocycles. The zero-order valence-electron chi connectivity index (χ0n) is 12.3. The molecule has 2 aromatic rings. The summed E-state index contributed by atoms with van der Waals surface area (Å²) in [6, 6.07) is 10.3. The van der Waals surface area contributed by atoms with Crippen molar-refractivity contribution in [2.75, 3.05) is 4.72 Å². The van der Waals surface area contributed by atoms with Crippen molar-refractivity contribution < 1.29 is 23.0 Å². The molecule has 118 valence electrons. The average molecular weight is 331 g/mol. The normalized spacial score (nSPS) is 13.7. The van der Waals surface area contributed by atoms with E-state index in [1.807, 2.05) is 12.9 Å². The zero-order valence-corrected chi connectivity index (χ0v) is 13.1. The summed E-state index contributed by atoms with van der Waals surface area (Å²) >= 11 is 0. The number of carbonyl (C=O) groups is 1. The van der Waals surface area contributed by atoms with Crippen molar-refractivity contribution >= 4 is 34.1 Å². The Kier molecular flexibility index (Phi) is 3.87. The Hall–Kier alpha value is -2.32. The molecule has 0 radical (unpaired) electrons. The Morgan fingerprint density at radius 1 is 1.22 bits per heavy atom. The number of carboxylic acids is 1. The van der Waals surface area contributed by atoms with Gasteiger partial charge in [-0.2, -0.15) is 0 Å². The van der Waals surface area contributed by atoms with Gasteiger partial charge in [0.15, 0.2) is 0 Å². The SMILES string of the molecule is CB1OCc2ccc(NS(=O)(=O)c3ccc(C(=O)O)cc3)cc21. The smallest absolute Gasteiger partial charge is 0.335 e. The van der Waals surface area contributed by atoms with Gasteiger partial charge in [0.1, 0.15) is 0 Å². The van der Waals surface area contributed by atoms with Gasteiger partial charge in [0.2, 0.25) is 0 Å². The Morgan fingerprint density at radius 2 is 1.91 bits per heavy atom. The number of hydrogen-bond donors (Lipinski definition) is 2. The third-order valence-electron chi connectivity index (χ3n) is 3.74. The highest BCUT2D eigenvalue weighted by Crippen LogP contribution is 2.19. The van der Waals surface area contributed by atoms with Gasteiger partial charge in [-0.05, 0) is 47.4 Å². The first kappa shape index (κ1) is 15.6. The van der Waals surface area contributed by atoms with E-state index in [2.05, 4.69) is 4.72 Å². The molecule has 2 N–H and O–H groups in total. The van der Waals surface area contributed by atoms with Gasteiger partial charge in [-0.3, -0.25) is 4.72 Å². The highest BCUT2D eigenvalue weighted by atomic mass is 32.2. The Morgan fingerprint density at radius 3 is 2.57 bits per heavy atom. The van der Waals surface area contributed by atoms with Crippen molar-refractivity contribution in [2.45, 2.75) is 18.3 Å². The lowest BCUT2D eigenvalue weighted by Crippen LogP contribution is -2.25. The van der Waals surface area contributed by atoms with Crippen molar-refractivity contribution in [1.82, 2.24) is 0 Å². The number of aromatic carboxylic acids is 1. The van der Waals surface area contributed by atoms with Gasteiger partial charge in [-0.25, -0.2) is 13.2 Å². The second-order valence-corrected chi connectivity index (χ2v) is 6.98. The Labute approximate surface area is 134 Å². The van der Waals surface area contributed by atoms with Crippen molar-refractivity contribution in [3.8, 4) is 0 Å². The maximum absolute atomic E-state index is 12.4. The Bertz CT molecular complexity index is 864. The fourth-order valence-corrected chi connectivity index (χ4v) is 3.51. The summed E-state index contributed by atoms with van der Waals surface area (Å²) in [7, 11) is -3.77. The highest BCUT2D eigenvalue weighted by Gasteiger charge is 2.24. The van der Waals surface area contributed by atoms with E-state index >= 15 is 0 Å². The van der Waals surface area contributed by atoms with Crippen LogP contribution in [0, 0.1) is 0 Å². The van der Waals surface area contributed by atoms with E-state index in [0.29, 0.717) is 12.3 Å². The first-order valence-corrected chi connectivity index (χ1v) is 8.46. The predicted molar refractivity (Wildman–Crippen MR) is 86.7 cm³/mol. The molecule has 1 heterocycles. The zero-order chi connectivity index (χ0) is 16.6. The maximum Gasteiger partial charge on any atom is 0.335 e. The second kappa shape index (κ2) is 5.71. The minimum absolute atomic E-state index is 0.00676. The second-order valence-electron chi connectivity index (χ2n) is 5.30. The first-order chi connectivity index (χ1) is 10.9. The lowest BCUT2D eigenvalue weighted by Gasteiger charge is -2.10. The van der Waals surface area contributed by atoms with Crippen LogP contribution in [0.2, 0.25) is 6.82 Å². The largest absolute Gasteiger partial charge is 0.478 e. The monoisotopic (exact) mass is 331 g/mol. The van der Waals surface area contributed by atoms with Gasteiger partial charge in [0.25, 0.3) is 10.0 Å². The summed E-state index contributed by atoms with van der Waals surface area (Å²) in [5.41, 5.74) is 2.49. The molecule has 0 aromatic heterocycles. The number of carboxylic acid groups (broad SMARTS) is 1. The molecule has 1 aliphatic rings. The topological polar surface area (TPSA) is 92.7 Å². The van der Waals surface area contributed by atoms with E-state index in [1.54, 1.807) is 12.1 Å². The van der Waals surface area contributed by atoms with Crippen LogP contribution >= 0.6 is 0 Å². The highest BCUT2D eigenvalue weighted by molar-refractivity contribution is 7.92. The van der Waals surface area contributed by atoms with E-state index in [9.17, 15) is 13.2 Å². The number of anilines is 1. The number of fused-ring (bicyclic) bond motifs is 1. The summed E-state index contributed by atoms with van der Waals surface area (Å²) in [4.78, 5) is 10.8. The van der Waals surface area contributed by atoms with E-state index in [0.717, 1.165) is 11.0 Å². The molecular formula is C15H14BNO5S. The number of hydrogen-bond acceptors (Lipinski definition) is 4. The fraction of sp³-hybridized carbons (Fsp3) is 0.133. The van der Waals surface area contributed by atoms with Crippen LogP contribution in [0.4, 0.5) is 5.69 Å². The van der Waals surface area contributed by atoms with Gasteiger partial charge in [0, 0.05) is 5.69 Å². The van der Waals surface area contributed by atoms with Crippen molar-refractivity contribution in [3.05, 3.63) is 53.6 Å².